The van der Waals surface area contributed by atoms with Gasteiger partial charge in [-0.15, -0.1) is 11.6 Å². The van der Waals surface area contributed by atoms with Gasteiger partial charge >= 0.3 is 0 Å². The van der Waals surface area contributed by atoms with Crippen LogP contribution in [0.2, 0.25) is 0 Å². The molecule has 0 saturated heterocycles. The highest BCUT2D eigenvalue weighted by molar-refractivity contribution is 6.19. The van der Waals surface area contributed by atoms with Crippen molar-refractivity contribution in [2.45, 2.75) is 0 Å². The van der Waals surface area contributed by atoms with Crippen LogP contribution in [0.15, 0.2) is 18.2 Å². The molecule has 0 amide bonds. The number of benzene rings is 1. The zero-order valence-electron chi connectivity index (χ0n) is 7.16. The van der Waals surface area contributed by atoms with E-state index in [1.54, 1.807) is 0 Å². The number of hydrogen-bond acceptors (Lipinski definition) is 3. The first kappa shape index (κ1) is 10.4. The zero-order valence-corrected chi connectivity index (χ0v) is 7.91. The van der Waals surface area contributed by atoms with Crippen LogP contribution in [0.25, 0.3) is 0 Å². The van der Waals surface area contributed by atoms with E-state index in [2.05, 4.69) is 11.8 Å². The molecule has 0 saturated carbocycles. The van der Waals surface area contributed by atoms with Crippen LogP contribution in [-0.4, -0.2) is 10.8 Å². The van der Waals surface area contributed by atoms with E-state index in [1.807, 2.05) is 0 Å². The minimum Gasteiger partial charge on any atom is -0.398 e. The van der Waals surface area contributed by atoms with Crippen molar-refractivity contribution in [3.8, 4) is 11.8 Å². The van der Waals surface area contributed by atoms with Crippen LogP contribution < -0.4 is 5.73 Å². The van der Waals surface area contributed by atoms with Gasteiger partial charge in [0, 0.05) is 17.8 Å². The third-order valence-corrected chi connectivity index (χ3v) is 1.67. The first-order chi connectivity index (χ1) is 6.65. The van der Waals surface area contributed by atoms with Gasteiger partial charge in [-0.05, 0) is 6.07 Å². The number of non-ortho nitro benzene ring substituents is 1. The van der Waals surface area contributed by atoms with Crippen molar-refractivity contribution < 1.29 is 4.92 Å². The number of nitro benzene ring substituents is 1. The van der Waals surface area contributed by atoms with Crippen molar-refractivity contribution in [1.82, 2.24) is 0 Å². The summed E-state index contributed by atoms with van der Waals surface area (Å²) in [6.45, 7) is 0. The summed E-state index contributed by atoms with van der Waals surface area (Å²) in [6.07, 6.45) is 0. The lowest BCUT2D eigenvalue weighted by Crippen LogP contribution is -1.93. The molecule has 0 fully saturated rings. The molecule has 14 heavy (non-hydrogen) atoms. The number of anilines is 1. The van der Waals surface area contributed by atoms with Gasteiger partial charge in [0.2, 0.25) is 0 Å². The Hall–Kier alpha value is -1.73. The fourth-order valence-electron chi connectivity index (χ4n) is 0.895. The van der Waals surface area contributed by atoms with Gasteiger partial charge in [0.15, 0.2) is 0 Å². The summed E-state index contributed by atoms with van der Waals surface area (Å²) in [5.74, 6) is 5.40. The number of nitrogen functional groups attached to an aromatic ring is 1. The van der Waals surface area contributed by atoms with Crippen LogP contribution in [0, 0.1) is 22.0 Å². The van der Waals surface area contributed by atoms with E-state index < -0.39 is 4.92 Å². The van der Waals surface area contributed by atoms with E-state index >= 15 is 0 Å². The number of rotatable bonds is 1. The maximum absolute atomic E-state index is 10.4. The molecule has 0 heterocycles. The lowest BCUT2D eigenvalue weighted by Gasteiger charge is -1.97. The number of nitrogens with two attached hydrogens (primary N) is 1. The second-order valence-corrected chi connectivity index (χ2v) is 2.73. The molecule has 0 unspecified atom stereocenters. The first-order valence-corrected chi connectivity index (χ1v) is 4.27. The molecule has 4 nitrogen and oxygen atoms in total. The van der Waals surface area contributed by atoms with Crippen LogP contribution >= 0.6 is 11.6 Å². The number of alkyl halides is 1. The van der Waals surface area contributed by atoms with Crippen LogP contribution in [0.4, 0.5) is 11.4 Å². The molecule has 2 N–H and O–H groups in total. The van der Waals surface area contributed by atoms with Gasteiger partial charge in [-0.25, -0.2) is 0 Å². The van der Waals surface area contributed by atoms with Gasteiger partial charge in [0.25, 0.3) is 5.69 Å². The molecule has 72 valence electrons. The van der Waals surface area contributed by atoms with Gasteiger partial charge in [-0.2, -0.15) is 0 Å². The molecule has 0 atom stereocenters. The molecule has 0 aliphatic heterocycles. The second-order valence-electron chi connectivity index (χ2n) is 2.46. The summed E-state index contributed by atoms with van der Waals surface area (Å²) in [4.78, 5) is 9.93. The average Bonchev–Trinajstić information content (AvgIpc) is 2.16. The first-order valence-electron chi connectivity index (χ1n) is 3.74. The predicted molar refractivity (Wildman–Crippen MR) is 55.1 cm³/mol. The van der Waals surface area contributed by atoms with Crippen LogP contribution in [0.3, 0.4) is 0 Å². The number of hydrogen-bond donors (Lipinski definition) is 1. The standard InChI is InChI=1S/C9H7ClN2O2/c10-5-1-2-7-6-8(12(13)14)3-4-9(7)11/h3-4,6H,5,11H2. The lowest BCUT2D eigenvalue weighted by molar-refractivity contribution is -0.384. The average molecular weight is 211 g/mol. The van der Waals surface area contributed by atoms with Crippen molar-refractivity contribution in [3.63, 3.8) is 0 Å². The van der Waals surface area contributed by atoms with Crippen molar-refractivity contribution in [2.75, 3.05) is 11.6 Å². The number of nitro groups is 1. The summed E-state index contributed by atoms with van der Waals surface area (Å²) in [7, 11) is 0. The third kappa shape index (κ3) is 2.38. The quantitative estimate of drug-likeness (QED) is 0.253. The predicted octanol–water partition coefficient (Wildman–Crippen LogP) is 1.77. The Morgan fingerprint density at radius 2 is 2.29 bits per heavy atom. The fourth-order valence-corrected chi connectivity index (χ4v) is 0.962. The topological polar surface area (TPSA) is 69.2 Å². The molecule has 1 rings (SSSR count). The molecular formula is C9H7ClN2O2. The van der Waals surface area contributed by atoms with Gasteiger partial charge in [0.1, 0.15) is 0 Å². The molecular weight excluding hydrogens is 204 g/mol. The van der Waals surface area contributed by atoms with Gasteiger partial charge in [-0.1, -0.05) is 11.8 Å². The summed E-state index contributed by atoms with van der Waals surface area (Å²) in [5.41, 5.74) is 6.37. The normalized spacial score (nSPS) is 8.93. The van der Waals surface area contributed by atoms with E-state index in [1.165, 1.54) is 18.2 Å². The Balaban J connectivity index is 3.14. The molecule has 1 aromatic rings. The summed E-state index contributed by atoms with van der Waals surface area (Å²) in [6, 6.07) is 4.12. The van der Waals surface area contributed by atoms with E-state index in [4.69, 9.17) is 17.3 Å². The van der Waals surface area contributed by atoms with Crippen LogP contribution in [0.1, 0.15) is 5.56 Å². The Morgan fingerprint density at radius 1 is 1.57 bits per heavy atom. The molecule has 0 spiro atoms. The monoisotopic (exact) mass is 210 g/mol. The molecule has 5 heteroatoms. The Bertz CT molecular complexity index is 421. The summed E-state index contributed by atoms with van der Waals surface area (Å²) < 4.78 is 0. The van der Waals surface area contributed by atoms with E-state index in [9.17, 15) is 10.1 Å². The SMILES string of the molecule is Nc1ccc([N+](=O)[O-])cc1C#CCCl. The smallest absolute Gasteiger partial charge is 0.270 e. The largest absolute Gasteiger partial charge is 0.398 e. The zero-order chi connectivity index (χ0) is 10.6. The maximum atomic E-state index is 10.4. The maximum Gasteiger partial charge on any atom is 0.270 e. The Morgan fingerprint density at radius 3 is 2.86 bits per heavy atom. The fraction of sp³-hybridized carbons (Fsp3) is 0.111. The van der Waals surface area contributed by atoms with Gasteiger partial charge < -0.3 is 5.73 Å². The minimum absolute atomic E-state index is 0.0296. The minimum atomic E-state index is -0.495. The third-order valence-electron chi connectivity index (χ3n) is 1.54. The molecule has 1 aromatic carbocycles. The van der Waals surface area contributed by atoms with Crippen molar-refractivity contribution in [1.29, 1.82) is 0 Å². The number of nitrogens with zero attached hydrogens (tertiary/aromatic N) is 1. The van der Waals surface area contributed by atoms with E-state index in [0.29, 0.717) is 11.3 Å². The van der Waals surface area contributed by atoms with Crippen molar-refractivity contribution in [2.24, 2.45) is 0 Å². The van der Waals surface area contributed by atoms with Gasteiger partial charge in [-0.3, -0.25) is 10.1 Å². The summed E-state index contributed by atoms with van der Waals surface area (Å²) in [5, 5.41) is 10.4. The number of halogens is 1. The highest BCUT2D eigenvalue weighted by Gasteiger charge is 2.06. The van der Waals surface area contributed by atoms with Crippen molar-refractivity contribution >= 4 is 23.0 Å². The van der Waals surface area contributed by atoms with Crippen molar-refractivity contribution in [3.05, 3.63) is 33.9 Å². The Kier molecular flexibility index (Phi) is 3.32. The van der Waals surface area contributed by atoms with E-state index in [-0.39, 0.29) is 11.6 Å². The molecule has 0 bridgehead atoms. The van der Waals surface area contributed by atoms with Crippen LogP contribution in [-0.2, 0) is 0 Å². The van der Waals surface area contributed by atoms with Gasteiger partial charge in [0.05, 0.1) is 16.4 Å². The molecule has 0 radical (unpaired) electrons. The molecule has 0 aromatic heterocycles. The summed E-state index contributed by atoms with van der Waals surface area (Å²) >= 11 is 5.36. The van der Waals surface area contributed by atoms with E-state index in [0.717, 1.165) is 0 Å². The molecule has 0 aliphatic carbocycles. The highest BCUT2D eigenvalue weighted by Crippen LogP contribution is 2.18. The molecule has 0 aliphatic rings. The Labute approximate surface area is 85.8 Å². The van der Waals surface area contributed by atoms with Crippen LogP contribution in [0.5, 0.6) is 0 Å². The highest BCUT2D eigenvalue weighted by atomic mass is 35.5. The second kappa shape index (κ2) is 4.49. The lowest BCUT2D eigenvalue weighted by atomic mass is 10.1.